The lowest BCUT2D eigenvalue weighted by Crippen LogP contribution is -2.32. The molecule has 1 atom stereocenters. The van der Waals surface area contributed by atoms with Crippen LogP contribution >= 0.6 is 11.8 Å². The van der Waals surface area contributed by atoms with Gasteiger partial charge in [-0.1, -0.05) is 30.0 Å². The van der Waals surface area contributed by atoms with Gasteiger partial charge in [0.15, 0.2) is 11.0 Å². The predicted molar refractivity (Wildman–Crippen MR) is 110 cm³/mol. The van der Waals surface area contributed by atoms with E-state index >= 15 is 0 Å². The summed E-state index contributed by atoms with van der Waals surface area (Å²) in [6.07, 6.45) is 2.15. The highest BCUT2D eigenvalue weighted by Crippen LogP contribution is 2.31. The molecule has 0 aliphatic heterocycles. The van der Waals surface area contributed by atoms with Crippen LogP contribution in [0.1, 0.15) is 19.8 Å². The van der Waals surface area contributed by atoms with Gasteiger partial charge in [0.1, 0.15) is 5.75 Å². The molecule has 0 bridgehead atoms. The van der Waals surface area contributed by atoms with E-state index in [4.69, 9.17) is 4.74 Å². The van der Waals surface area contributed by atoms with Gasteiger partial charge in [-0.15, -0.1) is 10.2 Å². The lowest BCUT2D eigenvalue weighted by molar-refractivity contribution is -0.120. The fourth-order valence-electron chi connectivity index (χ4n) is 2.84. The molecule has 1 saturated carbocycles. The first-order chi connectivity index (χ1) is 13.7. The van der Waals surface area contributed by atoms with Crippen LogP contribution in [0.15, 0.2) is 59.8 Å². The smallest absolute Gasteiger partial charge is 0.233 e. The summed E-state index contributed by atoms with van der Waals surface area (Å²) in [6, 6.07) is 18.0. The van der Waals surface area contributed by atoms with Crippen LogP contribution in [0.5, 0.6) is 5.75 Å². The van der Waals surface area contributed by atoms with E-state index in [2.05, 4.69) is 15.5 Å². The molecule has 28 heavy (non-hydrogen) atoms. The lowest BCUT2D eigenvalue weighted by Gasteiger charge is -2.14. The number of aromatic nitrogens is 3. The maximum Gasteiger partial charge on any atom is 0.233 e. The number of amides is 1. The molecular formula is C21H22N4O2S. The summed E-state index contributed by atoms with van der Waals surface area (Å²) in [4.78, 5) is 12.4. The SMILES string of the molecule is COc1ccc(-c2nnc(SC(C)C(=O)NC3CC3)n2-c2ccccc2)cc1. The van der Waals surface area contributed by atoms with E-state index in [1.807, 2.05) is 66.1 Å². The quantitative estimate of drug-likeness (QED) is 0.619. The van der Waals surface area contributed by atoms with E-state index in [0.29, 0.717) is 11.2 Å². The first-order valence-electron chi connectivity index (χ1n) is 9.28. The Morgan fingerprint density at radius 1 is 1.14 bits per heavy atom. The van der Waals surface area contributed by atoms with Crippen molar-refractivity contribution < 1.29 is 9.53 Å². The Labute approximate surface area is 168 Å². The third-order valence-electron chi connectivity index (χ3n) is 4.57. The Morgan fingerprint density at radius 2 is 1.86 bits per heavy atom. The van der Waals surface area contributed by atoms with Gasteiger partial charge in [-0.3, -0.25) is 9.36 Å². The molecular weight excluding hydrogens is 372 g/mol. The maximum atomic E-state index is 12.4. The van der Waals surface area contributed by atoms with Crippen molar-refractivity contribution in [2.24, 2.45) is 0 Å². The molecule has 144 valence electrons. The van der Waals surface area contributed by atoms with Crippen molar-refractivity contribution in [1.29, 1.82) is 0 Å². The number of methoxy groups -OCH3 is 1. The zero-order valence-corrected chi connectivity index (χ0v) is 16.6. The maximum absolute atomic E-state index is 12.4. The normalized spacial score (nSPS) is 14.5. The summed E-state index contributed by atoms with van der Waals surface area (Å²) >= 11 is 1.42. The van der Waals surface area contributed by atoms with Crippen LogP contribution in [-0.2, 0) is 4.79 Å². The number of thioether (sulfide) groups is 1. The number of ether oxygens (including phenoxy) is 1. The van der Waals surface area contributed by atoms with Crippen LogP contribution in [0.2, 0.25) is 0 Å². The molecule has 3 aromatic rings. The fraction of sp³-hybridized carbons (Fsp3) is 0.286. The monoisotopic (exact) mass is 394 g/mol. The van der Waals surface area contributed by atoms with Gasteiger partial charge in [0, 0.05) is 17.3 Å². The van der Waals surface area contributed by atoms with Gasteiger partial charge in [0.05, 0.1) is 12.4 Å². The molecule has 1 N–H and O–H groups in total. The van der Waals surface area contributed by atoms with E-state index < -0.39 is 0 Å². The molecule has 1 aliphatic carbocycles. The van der Waals surface area contributed by atoms with Crippen LogP contribution in [0.3, 0.4) is 0 Å². The number of hydrogen-bond donors (Lipinski definition) is 1. The van der Waals surface area contributed by atoms with E-state index in [1.54, 1.807) is 7.11 Å². The van der Waals surface area contributed by atoms with Gasteiger partial charge in [0.25, 0.3) is 0 Å². The molecule has 6 nitrogen and oxygen atoms in total. The van der Waals surface area contributed by atoms with Gasteiger partial charge in [0.2, 0.25) is 5.91 Å². The van der Waals surface area contributed by atoms with E-state index in [-0.39, 0.29) is 11.2 Å². The Hall–Kier alpha value is -2.80. The van der Waals surface area contributed by atoms with Crippen molar-refractivity contribution in [3.8, 4) is 22.8 Å². The third kappa shape index (κ3) is 4.04. The van der Waals surface area contributed by atoms with Crippen LogP contribution < -0.4 is 10.1 Å². The van der Waals surface area contributed by atoms with Gasteiger partial charge >= 0.3 is 0 Å². The van der Waals surface area contributed by atoms with Gasteiger partial charge in [-0.25, -0.2) is 0 Å². The van der Waals surface area contributed by atoms with Gasteiger partial charge in [-0.05, 0) is 56.2 Å². The average Bonchev–Trinajstić information content (AvgIpc) is 3.45. The molecule has 0 saturated heterocycles. The van der Waals surface area contributed by atoms with Crippen molar-refractivity contribution in [3.05, 3.63) is 54.6 Å². The Balaban J connectivity index is 1.67. The number of carbonyl (C=O) groups is 1. The number of nitrogens with zero attached hydrogens (tertiary/aromatic N) is 3. The highest BCUT2D eigenvalue weighted by atomic mass is 32.2. The van der Waals surface area contributed by atoms with Crippen LogP contribution in [0.4, 0.5) is 0 Å². The highest BCUT2D eigenvalue weighted by molar-refractivity contribution is 8.00. The Kier molecular flexibility index (Phi) is 5.34. The van der Waals surface area contributed by atoms with Crippen molar-refractivity contribution in [2.45, 2.75) is 36.2 Å². The summed E-state index contributed by atoms with van der Waals surface area (Å²) in [5, 5.41) is 12.3. The molecule has 4 rings (SSSR count). The highest BCUT2D eigenvalue weighted by Gasteiger charge is 2.27. The van der Waals surface area contributed by atoms with Crippen LogP contribution in [0, 0.1) is 0 Å². The number of hydrogen-bond acceptors (Lipinski definition) is 5. The second-order valence-electron chi connectivity index (χ2n) is 6.75. The third-order valence-corrected chi connectivity index (χ3v) is 5.61. The second kappa shape index (κ2) is 8.06. The van der Waals surface area contributed by atoms with Crippen molar-refractivity contribution in [1.82, 2.24) is 20.1 Å². The number of para-hydroxylation sites is 1. The van der Waals surface area contributed by atoms with Gasteiger partial charge < -0.3 is 10.1 Å². The molecule has 1 aromatic heterocycles. The molecule has 0 radical (unpaired) electrons. The largest absolute Gasteiger partial charge is 0.497 e. The summed E-state index contributed by atoms with van der Waals surface area (Å²) in [7, 11) is 1.64. The Morgan fingerprint density at radius 3 is 2.50 bits per heavy atom. The summed E-state index contributed by atoms with van der Waals surface area (Å²) in [6.45, 7) is 1.90. The molecule has 1 unspecified atom stereocenters. The minimum atomic E-state index is -0.254. The number of carbonyl (C=O) groups excluding carboxylic acids is 1. The molecule has 7 heteroatoms. The zero-order valence-electron chi connectivity index (χ0n) is 15.8. The standard InChI is InChI=1S/C21H22N4O2S/c1-14(20(26)22-16-10-11-16)28-21-24-23-19(15-8-12-18(27-2)13-9-15)25(21)17-6-4-3-5-7-17/h3-9,12-14,16H,10-11H2,1-2H3,(H,22,26). The van der Waals surface area contributed by atoms with E-state index in [0.717, 1.165) is 35.7 Å². The number of nitrogens with one attached hydrogen (secondary N) is 1. The molecule has 1 heterocycles. The van der Waals surface area contributed by atoms with Crippen molar-refractivity contribution in [3.63, 3.8) is 0 Å². The van der Waals surface area contributed by atoms with Crippen molar-refractivity contribution >= 4 is 17.7 Å². The van der Waals surface area contributed by atoms with Crippen molar-refractivity contribution in [2.75, 3.05) is 7.11 Å². The zero-order chi connectivity index (χ0) is 19.5. The first-order valence-corrected chi connectivity index (χ1v) is 10.2. The molecule has 2 aromatic carbocycles. The average molecular weight is 395 g/mol. The van der Waals surface area contributed by atoms with E-state index in [1.165, 1.54) is 11.8 Å². The Bertz CT molecular complexity index is 952. The van der Waals surface area contributed by atoms with Gasteiger partial charge in [-0.2, -0.15) is 0 Å². The number of benzene rings is 2. The minimum absolute atomic E-state index is 0.0427. The first kappa shape index (κ1) is 18.6. The predicted octanol–water partition coefficient (Wildman–Crippen LogP) is 3.70. The molecule has 1 amide bonds. The van der Waals surface area contributed by atoms with Crippen LogP contribution in [-0.4, -0.2) is 39.1 Å². The van der Waals surface area contributed by atoms with E-state index in [9.17, 15) is 4.79 Å². The molecule has 0 spiro atoms. The number of rotatable bonds is 7. The summed E-state index contributed by atoms with van der Waals surface area (Å²) in [5.41, 5.74) is 1.88. The summed E-state index contributed by atoms with van der Waals surface area (Å²) < 4.78 is 7.24. The lowest BCUT2D eigenvalue weighted by atomic mass is 10.2. The summed E-state index contributed by atoms with van der Waals surface area (Å²) in [5.74, 6) is 1.56. The minimum Gasteiger partial charge on any atom is -0.497 e. The molecule has 1 fully saturated rings. The fourth-order valence-corrected chi connectivity index (χ4v) is 3.72. The van der Waals surface area contributed by atoms with Crippen LogP contribution in [0.25, 0.3) is 17.1 Å². The second-order valence-corrected chi connectivity index (χ2v) is 8.06. The molecule has 1 aliphatic rings. The topological polar surface area (TPSA) is 69.0 Å².